The highest BCUT2D eigenvalue weighted by atomic mass is 16.5. The van der Waals surface area contributed by atoms with Crippen LogP contribution in [0.2, 0.25) is 0 Å². The van der Waals surface area contributed by atoms with Crippen LogP contribution in [0.3, 0.4) is 0 Å². The molecule has 3 amide bonds. The van der Waals surface area contributed by atoms with Crippen LogP contribution in [0.15, 0.2) is 42.5 Å². The Morgan fingerprint density at radius 3 is 2.46 bits per heavy atom. The third-order valence-electron chi connectivity index (χ3n) is 4.16. The normalized spacial score (nSPS) is 19.4. The fourth-order valence-corrected chi connectivity index (χ4v) is 2.86. The molecular formula is C18H16N2O4. The van der Waals surface area contributed by atoms with Crippen LogP contribution in [0.25, 0.3) is 0 Å². The zero-order chi connectivity index (χ0) is 16.7. The minimum atomic E-state index is -0.498. The number of rotatable bonds is 3. The summed E-state index contributed by atoms with van der Waals surface area (Å²) < 4.78 is 11.2. The molecule has 2 heterocycles. The highest BCUT2D eigenvalue weighted by Gasteiger charge is 2.36. The number of amides is 3. The van der Waals surface area contributed by atoms with Gasteiger partial charge in [-0.15, -0.1) is 0 Å². The van der Waals surface area contributed by atoms with Crippen molar-refractivity contribution in [1.29, 1.82) is 0 Å². The summed E-state index contributed by atoms with van der Waals surface area (Å²) in [4.78, 5) is 25.0. The summed E-state index contributed by atoms with van der Waals surface area (Å²) in [6.45, 7) is 2.92. The summed E-state index contributed by atoms with van der Waals surface area (Å²) in [5.74, 6) is 1.11. The highest BCUT2D eigenvalue weighted by Crippen LogP contribution is 2.29. The summed E-state index contributed by atoms with van der Waals surface area (Å²) in [5, 5.41) is 2.59. The zero-order valence-electron chi connectivity index (χ0n) is 13.1. The summed E-state index contributed by atoms with van der Waals surface area (Å²) >= 11 is 0. The van der Waals surface area contributed by atoms with E-state index in [2.05, 4.69) is 5.32 Å². The smallest absolute Gasteiger partial charge is 0.329 e. The molecule has 1 atom stereocenters. The van der Waals surface area contributed by atoms with Gasteiger partial charge in [0, 0.05) is 0 Å². The lowest BCUT2D eigenvalue weighted by Crippen LogP contribution is -2.30. The SMILES string of the molecule is C[C@H]1NC(=O)N(c2ccc(Oc3ccc4c(c3)COC4)cc2)C1=O. The molecule has 122 valence electrons. The van der Waals surface area contributed by atoms with E-state index in [0.717, 1.165) is 16.2 Å². The monoisotopic (exact) mass is 324 g/mol. The predicted molar refractivity (Wildman–Crippen MR) is 86.9 cm³/mol. The fourth-order valence-electron chi connectivity index (χ4n) is 2.86. The molecule has 0 saturated carbocycles. The topological polar surface area (TPSA) is 67.9 Å². The third kappa shape index (κ3) is 2.51. The largest absolute Gasteiger partial charge is 0.457 e. The second kappa shape index (κ2) is 5.65. The second-order valence-corrected chi connectivity index (χ2v) is 5.86. The van der Waals surface area contributed by atoms with Crippen LogP contribution < -0.4 is 15.0 Å². The number of carbonyl (C=O) groups is 2. The van der Waals surface area contributed by atoms with E-state index in [1.165, 1.54) is 5.56 Å². The van der Waals surface area contributed by atoms with Crippen LogP contribution in [0.5, 0.6) is 11.5 Å². The first-order valence-corrected chi connectivity index (χ1v) is 7.74. The van der Waals surface area contributed by atoms with Gasteiger partial charge < -0.3 is 14.8 Å². The summed E-state index contributed by atoms with van der Waals surface area (Å²) in [5.41, 5.74) is 2.85. The number of benzene rings is 2. The molecule has 2 aliphatic rings. The minimum absolute atomic E-state index is 0.257. The lowest BCUT2D eigenvalue weighted by Gasteiger charge is -2.13. The number of hydrogen-bond acceptors (Lipinski definition) is 4. The molecule has 1 saturated heterocycles. The number of hydrogen-bond donors (Lipinski definition) is 1. The maximum Gasteiger partial charge on any atom is 0.329 e. The number of carbonyl (C=O) groups excluding carboxylic acids is 2. The number of imide groups is 1. The lowest BCUT2D eigenvalue weighted by molar-refractivity contribution is -0.117. The molecule has 1 fully saturated rings. The minimum Gasteiger partial charge on any atom is -0.457 e. The molecule has 0 bridgehead atoms. The van der Waals surface area contributed by atoms with Crippen molar-refractivity contribution >= 4 is 17.6 Å². The van der Waals surface area contributed by atoms with E-state index in [1.807, 2.05) is 18.2 Å². The van der Waals surface area contributed by atoms with E-state index in [9.17, 15) is 9.59 Å². The van der Waals surface area contributed by atoms with E-state index in [-0.39, 0.29) is 5.91 Å². The van der Waals surface area contributed by atoms with Gasteiger partial charge in [0.25, 0.3) is 5.91 Å². The van der Waals surface area contributed by atoms with Crippen LogP contribution in [0.1, 0.15) is 18.1 Å². The number of fused-ring (bicyclic) bond motifs is 1. The van der Waals surface area contributed by atoms with E-state index in [1.54, 1.807) is 31.2 Å². The summed E-state index contributed by atoms with van der Waals surface area (Å²) in [6.07, 6.45) is 0. The highest BCUT2D eigenvalue weighted by molar-refractivity contribution is 6.21. The molecule has 2 aromatic carbocycles. The van der Waals surface area contributed by atoms with Crippen LogP contribution in [0, 0.1) is 0 Å². The van der Waals surface area contributed by atoms with Crippen LogP contribution in [-0.4, -0.2) is 18.0 Å². The molecule has 0 aromatic heterocycles. The van der Waals surface area contributed by atoms with E-state index < -0.39 is 12.1 Å². The van der Waals surface area contributed by atoms with Gasteiger partial charge >= 0.3 is 6.03 Å². The van der Waals surface area contributed by atoms with Crippen molar-refractivity contribution in [2.24, 2.45) is 0 Å². The molecule has 0 spiro atoms. The van der Waals surface area contributed by atoms with Crippen LogP contribution >= 0.6 is 0 Å². The Morgan fingerprint density at radius 2 is 1.75 bits per heavy atom. The zero-order valence-corrected chi connectivity index (χ0v) is 13.1. The van der Waals surface area contributed by atoms with Gasteiger partial charge in [0.05, 0.1) is 18.9 Å². The van der Waals surface area contributed by atoms with Crippen LogP contribution in [-0.2, 0) is 22.7 Å². The van der Waals surface area contributed by atoms with Crippen molar-refractivity contribution in [3.8, 4) is 11.5 Å². The Kier molecular flexibility index (Phi) is 3.46. The van der Waals surface area contributed by atoms with Gasteiger partial charge in [0.2, 0.25) is 0 Å². The van der Waals surface area contributed by atoms with Crippen molar-refractivity contribution in [3.05, 3.63) is 53.6 Å². The number of urea groups is 1. The van der Waals surface area contributed by atoms with Gasteiger partial charge in [-0.1, -0.05) is 6.07 Å². The average Bonchev–Trinajstić information content (AvgIpc) is 3.13. The van der Waals surface area contributed by atoms with Gasteiger partial charge in [-0.2, -0.15) is 0 Å². The number of anilines is 1. The first-order valence-electron chi connectivity index (χ1n) is 7.74. The van der Waals surface area contributed by atoms with Crippen molar-refractivity contribution in [3.63, 3.8) is 0 Å². The van der Waals surface area contributed by atoms with Crippen molar-refractivity contribution in [2.45, 2.75) is 26.2 Å². The molecule has 6 heteroatoms. The molecular weight excluding hydrogens is 308 g/mol. The second-order valence-electron chi connectivity index (χ2n) is 5.86. The Hall–Kier alpha value is -2.86. The molecule has 4 rings (SSSR count). The van der Waals surface area contributed by atoms with Gasteiger partial charge in [-0.25, -0.2) is 9.69 Å². The molecule has 6 nitrogen and oxygen atoms in total. The number of ether oxygens (including phenoxy) is 2. The van der Waals surface area contributed by atoms with Gasteiger partial charge in [-0.3, -0.25) is 4.79 Å². The Bertz CT molecular complexity index is 816. The average molecular weight is 324 g/mol. The summed E-state index contributed by atoms with van der Waals surface area (Å²) in [6, 6.07) is 11.8. The first kappa shape index (κ1) is 14.7. The fraction of sp³-hybridized carbons (Fsp3) is 0.222. The maximum absolute atomic E-state index is 12.0. The molecule has 2 aliphatic heterocycles. The standard InChI is InChI=1S/C18H16N2O4/c1-11-17(21)20(18(22)19-11)14-3-6-15(7-4-14)24-16-5-2-12-9-23-10-13(12)8-16/h2-8,11H,9-10H2,1H3,(H,19,22)/t11-/m1/s1. The quantitative estimate of drug-likeness (QED) is 0.882. The van der Waals surface area contributed by atoms with Gasteiger partial charge in [-0.05, 0) is 54.4 Å². The molecule has 0 radical (unpaired) electrons. The summed E-state index contributed by atoms with van der Waals surface area (Å²) in [7, 11) is 0. The third-order valence-corrected chi connectivity index (χ3v) is 4.16. The van der Waals surface area contributed by atoms with Crippen molar-refractivity contribution < 1.29 is 19.1 Å². The van der Waals surface area contributed by atoms with E-state index in [0.29, 0.717) is 24.7 Å². The Morgan fingerprint density at radius 1 is 1.04 bits per heavy atom. The Labute approximate surface area is 139 Å². The maximum atomic E-state index is 12.0. The lowest BCUT2D eigenvalue weighted by atomic mass is 10.1. The molecule has 24 heavy (non-hydrogen) atoms. The molecule has 2 aromatic rings. The number of nitrogens with zero attached hydrogens (tertiary/aromatic N) is 1. The Balaban J connectivity index is 1.52. The van der Waals surface area contributed by atoms with Crippen LogP contribution in [0.4, 0.5) is 10.5 Å². The van der Waals surface area contributed by atoms with E-state index in [4.69, 9.17) is 9.47 Å². The van der Waals surface area contributed by atoms with Crippen molar-refractivity contribution in [1.82, 2.24) is 5.32 Å². The number of nitrogens with one attached hydrogen (secondary N) is 1. The van der Waals surface area contributed by atoms with Gasteiger partial charge in [0.15, 0.2) is 0 Å². The molecule has 0 unspecified atom stereocenters. The predicted octanol–water partition coefficient (Wildman–Crippen LogP) is 2.95. The van der Waals surface area contributed by atoms with Gasteiger partial charge in [0.1, 0.15) is 17.5 Å². The van der Waals surface area contributed by atoms with E-state index >= 15 is 0 Å². The molecule has 0 aliphatic carbocycles. The molecule has 1 N–H and O–H groups in total. The first-order chi connectivity index (χ1) is 11.6. The van der Waals surface area contributed by atoms with Crippen molar-refractivity contribution in [2.75, 3.05) is 4.90 Å².